The van der Waals surface area contributed by atoms with Crippen molar-refractivity contribution in [1.29, 1.82) is 0 Å². The fourth-order valence-corrected chi connectivity index (χ4v) is 2.84. The van der Waals surface area contributed by atoms with E-state index in [9.17, 15) is 14.0 Å². The second-order valence-electron chi connectivity index (χ2n) is 8.22. The fraction of sp³-hybridized carbons (Fsp3) is 0.417. The van der Waals surface area contributed by atoms with Gasteiger partial charge in [-0.15, -0.1) is 0 Å². The van der Waals surface area contributed by atoms with E-state index in [0.717, 1.165) is 11.1 Å². The quantitative estimate of drug-likeness (QED) is 0.576. The first-order chi connectivity index (χ1) is 14.7. The highest BCUT2D eigenvalue weighted by Crippen LogP contribution is 2.16. The zero-order valence-corrected chi connectivity index (χ0v) is 18.4. The SMILES string of the molecule is COC[C@@H](CC(=O)OC(C)(C)C)C(=O)NCc1ccc(OCc2cccc(F)c2)cc1. The van der Waals surface area contributed by atoms with Gasteiger partial charge in [-0.1, -0.05) is 24.3 Å². The first kappa shape index (κ1) is 24.3. The summed E-state index contributed by atoms with van der Waals surface area (Å²) in [5.41, 5.74) is 1.01. The molecule has 2 aromatic rings. The van der Waals surface area contributed by atoms with Crippen LogP contribution < -0.4 is 10.1 Å². The molecule has 0 unspecified atom stereocenters. The van der Waals surface area contributed by atoms with E-state index >= 15 is 0 Å². The summed E-state index contributed by atoms with van der Waals surface area (Å²) in [6, 6.07) is 13.5. The van der Waals surface area contributed by atoms with E-state index in [-0.39, 0.29) is 31.4 Å². The average molecular weight is 432 g/mol. The van der Waals surface area contributed by atoms with Crippen molar-refractivity contribution >= 4 is 11.9 Å². The lowest BCUT2D eigenvalue weighted by Crippen LogP contribution is -2.35. The summed E-state index contributed by atoms with van der Waals surface area (Å²) in [5.74, 6) is -1.01. The minimum atomic E-state index is -0.631. The molecule has 0 radical (unpaired) electrons. The molecule has 168 valence electrons. The number of amides is 1. The standard InChI is InChI=1S/C24H30FNO5/c1-24(2,3)31-22(27)13-19(16-29-4)23(28)26-14-17-8-10-21(11-9-17)30-15-18-6-5-7-20(25)12-18/h5-12,19H,13-16H2,1-4H3,(H,26,28)/t19-/m1/s1. The number of halogens is 1. The molecule has 1 amide bonds. The molecule has 0 aliphatic carbocycles. The van der Waals surface area contributed by atoms with Gasteiger partial charge in [0.05, 0.1) is 18.9 Å². The fourth-order valence-electron chi connectivity index (χ4n) is 2.84. The van der Waals surface area contributed by atoms with Crippen LogP contribution in [0, 0.1) is 11.7 Å². The third kappa shape index (κ3) is 9.17. The Hall–Kier alpha value is -2.93. The predicted molar refractivity (Wildman–Crippen MR) is 115 cm³/mol. The number of carbonyl (C=O) groups is 2. The van der Waals surface area contributed by atoms with Crippen LogP contribution in [0.4, 0.5) is 4.39 Å². The zero-order chi connectivity index (χ0) is 22.9. The minimum absolute atomic E-state index is 0.0518. The number of rotatable bonds is 10. The van der Waals surface area contributed by atoms with E-state index in [1.807, 2.05) is 12.1 Å². The number of esters is 1. The Morgan fingerprint density at radius 3 is 2.39 bits per heavy atom. The van der Waals surface area contributed by atoms with Crippen LogP contribution in [0.1, 0.15) is 38.3 Å². The Balaban J connectivity index is 1.84. The van der Waals surface area contributed by atoms with Gasteiger partial charge >= 0.3 is 5.97 Å². The Bertz CT molecular complexity index is 861. The molecule has 0 heterocycles. The van der Waals surface area contributed by atoms with E-state index < -0.39 is 17.5 Å². The Morgan fingerprint density at radius 1 is 1.06 bits per heavy atom. The van der Waals surface area contributed by atoms with Crippen LogP contribution >= 0.6 is 0 Å². The van der Waals surface area contributed by atoms with Crippen molar-refractivity contribution in [3.05, 3.63) is 65.5 Å². The van der Waals surface area contributed by atoms with Crippen LogP contribution in [0.3, 0.4) is 0 Å². The number of benzene rings is 2. The third-order valence-electron chi connectivity index (χ3n) is 4.26. The molecule has 31 heavy (non-hydrogen) atoms. The van der Waals surface area contributed by atoms with Gasteiger partial charge in [0.25, 0.3) is 0 Å². The molecule has 0 saturated carbocycles. The van der Waals surface area contributed by atoms with E-state index in [1.165, 1.54) is 19.2 Å². The lowest BCUT2D eigenvalue weighted by atomic mass is 10.1. The van der Waals surface area contributed by atoms with Crippen molar-refractivity contribution in [3.63, 3.8) is 0 Å². The summed E-state index contributed by atoms with van der Waals surface area (Å²) < 4.78 is 29.3. The van der Waals surface area contributed by atoms with Gasteiger partial charge in [0, 0.05) is 13.7 Å². The van der Waals surface area contributed by atoms with Crippen molar-refractivity contribution in [3.8, 4) is 5.75 Å². The Labute approximate surface area is 182 Å². The number of hydrogen-bond donors (Lipinski definition) is 1. The molecule has 0 aliphatic rings. The summed E-state index contributed by atoms with van der Waals surface area (Å²) >= 11 is 0. The second-order valence-corrected chi connectivity index (χ2v) is 8.22. The molecule has 1 atom stereocenters. The van der Waals surface area contributed by atoms with Gasteiger partial charge in [-0.05, 0) is 56.2 Å². The van der Waals surface area contributed by atoms with Crippen molar-refractivity contribution in [2.24, 2.45) is 5.92 Å². The van der Waals surface area contributed by atoms with Crippen LogP contribution in [0.15, 0.2) is 48.5 Å². The molecule has 0 saturated heterocycles. The summed E-state index contributed by atoms with van der Waals surface area (Å²) in [6.07, 6.45) is -0.0518. The molecule has 1 N–H and O–H groups in total. The van der Waals surface area contributed by atoms with Crippen LogP contribution in [0.2, 0.25) is 0 Å². The van der Waals surface area contributed by atoms with Crippen molar-refractivity contribution in [1.82, 2.24) is 5.32 Å². The lowest BCUT2D eigenvalue weighted by Gasteiger charge is -2.21. The molecule has 7 heteroatoms. The lowest BCUT2D eigenvalue weighted by molar-refractivity contribution is -0.158. The molecule has 0 spiro atoms. The first-order valence-corrected chi connectivity index (χ1v) is 10.1. The molecule has 0 aromatic heterocycles. The molecule has 0 aliphatic heterocycles. The monoisotopic (exact) mass is 431 g/mol. The summed E-state index contributed by atoms with van der Waals surface area (Å²) in [4.78, 5) is 24.6. The summed E-state index contributed by atoms with van der Waals surface area (Å²) in [7, 11) is 1.48. The number of nitrogens with one attached hydrogen (secondary N) is 1. The zero-order valence-electron chi connectivity index (χ0n) is 18.4. The van der Waals surface area contributed by atoms with Gasteiger partial charge in [-0.25, -0.2) is 4.39 Å². The normalized spacial score (nSPS) is 12.2. The summed E-state index contributed by atoms with van der Waals surface area (Å²) in [6.45, 7) is 6.03. The largest absolute Gasteiger partial charge is 0.489 e. The maximum absolute atomic E-state index is 13.2. The first-order valence-electron chi connectivity index (χ1n) is 10.1. The number of hydrogen-bond acceptors (Lipinski definition) is 5. The van der Waals surface area contributed by atoms with Gasteiger partial charge in [-0.2, -0.15) is 0 Å². The van der Waals surface area contributed by atoms with Gasteiger partial charge < -0.3 is 19.5 Å². The maximum atomic E-state index is 13.2. The van der Waals surface area contributed by atoms with Crippen LogP contribution in [-0.4, -0.2) is 31.2 Å². The van der Waals surface area contributed by atoms with Gasteiger partial charge in [-0.3, -0.25) is 9.59 Å². The van der Waals surface area contributed by atoms with Gasteiger partial charge in [0.2, 0.25) is 5.91 Å². The van der Waals surface area contributed by atoms with E-state index in [2.05, 4.69) is 5.32 Å². The molecule has 2 rings (SSSR count). The minimum Gasteiger partial charge on any atom is -0.489 e. The highest BCUT2D eigenvalue weighted by Gasteiger charge is 2.25. The van der Waals surface area contributed by atoms with E-state index in [0.29, 0.717) is 12.3 Å². The second kappa shape index (κ2) is 11.5. The topological polar surface area (TPSA) is 73.9 Å². The van der Waals surface area contributed by atoms with Gasteiger partial charge in [0.15, 0.2) is 0 Å². The Kier molecular flexibility index (Phi) is 9.00. The molecular formula is C24H30FNO5. The maximum Gasteiger partial charge on any atom is 0.307 e. The van der Waals surface area contributed by atoms with E-state index in [4.69, 9.17) is 14.2 Å². The number of methoxy groups -OCH3 is 1. The third-order valence-corrected chi connectivity index (χ3v) is 4.26. The average Bonchev–Trinajstić information content (AvgIpc) is 2.69. The highest BCUT2D eigenvalue weighted by atomic mass is 19.1. The Morgan fingerprint density at radius 2 is 1.77 bits per heavy atom. The van der Waals surface area contributed by atoms with Crippen LogP contribution in [0.25, 0.3) is 0 Å². The van der Waals surface area contributed by atoms with Crippen LogP contribution in [0.5, 0.6) is 5.75 Å². The molecule has 0 fully saturated rings. The number of carbonyl (C=O) groups excluding carboxylic acids is 2. The van der Waals surface area contributed by atoms with Crippen LogP contribution in [-0.2, 0) is 32.2 Å². The summed E-state index contributed by atoms with van der Waals surface area (Å²) in [5, 5.41) is 2.83. The van der Waals surface area contributed by atoms with E-state index in [1.54, 1.807) is 45.0 Å². The molecular weight excluding hydrogens is 401 g/mol. The molecule has 2 aromatic carbocycles. The number of ether oxygens (including phenoxy) is 3. The predicted octanol–water partition coefficient (Wildman–Crippen LogP) is 4.02. The van der Waals surface area contributed by atoms with Gasteiger partial charge in [0.1, 0.15) is 23.8 Å². The van der Waals surface area contributed by atoms with Crippen molar-refractivity contribution in [2.45, 2.75) is 45.9 Å². The van der Waals surface area contributed by atoms with Crippen molar-refractivity contribution in [2.75, 3.05) is 13.7 Å². The molecule has 0 bridgehead atoms. The highest BCUT2D eigenvalue weighted by molar-refractivity contribution is 5.84. The van der Waals surface area contributed by atoms with Crippen molar-refractivity contribution < 1.29 is 28.2 Å². The molecule has 6 nitrogen and oxygen atoms in total. The smallest absolute Gasteiger partial charge is 0.307 e.